The van der Waals surface area contributed by atoms with Gasteiger partial charge in [-0.3, -0.25) is 4.79 Å². The van der Waals surface area contributed by atoms with Crippen molar-refractivity contribution in [3.8, 4) is 0 Å². The second-order valence-corrected chi connectivity index (χ2v) is 3.29. The molecule has 0 radical (unpaired) electrons. The zero-order valence-electron chi connectivity index (χ0n) is 8.75. The van der Waals surface area contributed by atoms with Crippen molar-refractivity contribution in [1.82, 2.24) is 0 Å². The van der Waals surface area contributed by atoms with Crippen LogP contribution in [0, 0.1) is 5.92 Å². The van der Waals surface area contributed by atoms with Crippen molar-refractivity contribution in [3.05, 3.63) is 0 Å². The molecule has 78 valence electrons. The van der Waals surface area contributed by atoms with Gasteiger partial charge in [0.25, 0.3) is 0 Å². The molecule has 0 aliphatic heterocycles. The first-order chi connectivity index (χ1) is 6.15. The molecular weight excluding hydrogens is 168 g/mol. The highest BCUT2D eigenvalue weighted by Gasteiger charge is 2.20. The zero-order valence-corrected chi connectivity index (χ0v) is 8.75. The predicted molar refractivity (Wildman–Crippen MR) is 51.3 cm³/mol. The van der Waals surface area contributed by atoms with Crippen molar-refractivity contribution in [2.75, 3.05) is 6.61 Å². The van der Waals surface area contributed by atoms with Crippen LogP contribution in [0.4, 0.5) is 0 Å². The minimum Gasteiger partial charge on any atom is -0.462 e. The predicted octanol–water partition coefficient (Wildman–Crippen LogP) is 1.74. The van der Waals surface area contributed by atoms with Gasteiger partial charge >= 0.3 is 5.97 Å². The Kier molecular flexibility index (Phi) is 6.59. The molecule has 0 aromatic carbocycles. The number of hydrogen-bond acceptors (Lipinski definition) is 3. The summed E-state index contributed by atoms with van der Waals surface area (Å²) in [5.74, 6) is -0.172. The molecule has 0 aliphatic rings. The SMILES string of the molecule is CCCC(OC(C)=O)C(CC)CO. The Labute approximate surface area is 80.1 Å². The average Bonchev–Trinajstić information content (AvgIpc) is 2.05. The first-order valence-electron chi connectivity index (χ1n) is 4.93. The largest absolute Gasteiger partial charge is 0.462 e. The lowest BCUT2D eigenvalue weighted by Crippen LogP contribution is -2.28. The van der Waals surface area contributed by atoms with Gasteiger partial charge in [-0.05, 0) is 12.8 Å². The second-order valence-electron chi connectivity index (χ2n) is 3.29. The maximum atomic E-state index is 10.8. The van der Waals surface area contributed by atoms with Crippen LogP contribution in [-0.4, -0.2) is 23.8 Å². The smallest absolute Gasteiger partial charge is 0.302 e. The summed E-state index contributed by atoms with van der Waals surface area (Å²) in [6, 6.07) is 0. The van der Waals surface area contributed by atoms with E-state index in [1.807, 2.05) is 13.8 Å². The van der Waals surface area contributed by atoms with Crippen molar-refractivity contribution >= 4 is 5.97 Å². The van der Waals surface area contributed by atoms with Gasteiger partial charge in [-0.2, -0.15) is 0 Å². The van der Waals surface area contributed by atoms with Crippen LogP contribution in [-0.2, 0) is 9.53 Å². The Morgan fingerprint density at radius 1 is 1.46 bits per heavy atom. The van der Waals surface area contributed by atoms with E-state index in [-0.39, 0.29) is 24.6 Å². The van der Waals surface area contributed by atoms with E-state index in [2.05, 4.69) is 0 Å². The molecule has 0 heterocycles. The van der Waals surface area contributed by atoms with Gasteiger partial charge in [0.15, 0.2) is 0 Å². The van der Waals surface area contributed by atoms with Gasteiger partial charge in [0, 0.05) is 19.4 Å². The molecule has 1 N–H and O–H groups in total. The van der Waals surface area contributed by atoms with E-state index in [0.29, 0.717) is 0 Å². The van der Waals surface area contributed by atoms with Gasteiger partial charge < -0.3 is 9.84 Å². The third-order valence-electron chi connectivity index (χ3n) is 2.18. The van der Waals surface area contributed by atoms with Crippen molar-refractivity contribution in [2.24, 2.45) is 5.92 Å². The molecule has 3 nitrogen and oxygen atoms in total. The molecule has 0 aliphatic carbocycles. The van der Waals surface area contributed by atoms with E-state index < -0.39 is 0 Å². The number of aliphatic hydroxyl groups is 1. The highest BCUT2D eigenvalue weighted by molar-refractivity contribution is 5.66. The number of carbonyl (C=O) groups is 1. The molecule has 0 aromatic rings. The summed E-state index contributed by atoms with van der Waals surface area (Å²) in [4.78, 5) is 10.8. The quantitative estimate of drug-likeness (QED) is 0.646. The number of hydrogen-bond donors (Lipinski definition) is 1. The Morgan fingerprint density at radius 3 is 2.38 bits per heavy atom. The maximum absolute atomic E-state index is 10.8. The van der Waals surface area contributed by atoms with Gasteiger partial charge in [-0.25, -0.2) is 0 Å². The number of ether oxygens (including phenoxy) is 1. The first kappa shape index (κ1) is 12.4. The molecule has 13 heavy (non-hydrogen) atoms. The van der Waals surface area contributed by atoms with Gasteiger partial charge in [0.2, 0.25) is 0 Å². The van der Waals surface area contributed by atoms with Crippen LogP contribution in [0.25, 0.3) is 0 Å². The summed E-state index contributed by atoms with van der Waals surface area (Å²) in [5.41, 5.74) is 0. The molecule has 0 saturated heterocycles. The van der Waals surface area contributed by atoms with Crippen LogP contribution < -0.4 is 0 Å². The molecule has 0 fully saturated rings. The monoisotopic (exact) mass is 188 g/mol. The molecule has 0 rings (SSSR count). The highest BCUT2D eigenvalue weighted by Crippen LogP contribution is 2.16. The van der Waals surface area contributed by atoms with Crippen molar-refractivity contribution in [1.29, 1.82) is 0 Å². The zero-order chi connectivity index (χ0) is 10.3. The minimum absolute atomic E-state index is 0.0869. The minimum atomic E-state index is -0.259. The number of esters is 1. The molecule has 3 heteroatoms. The topological polar surface area (TPSA) is 46.5 Å². The highest BCUT2D eigenvalue weighted by atomic mass is 16.5. The Balaban J connectivity index is 4.11. The fourth-order valence-electron chi connectivity index (χ4n) is 1.40. The molecule has 0 aromatic heterocycles. The van der Waals surface area contributed by atoms with Crippen molar-refractivity contribution in [3.63, 3.8) is 0 Å². The van der Waals surface area contributed by atoms with Gasteiger partial charge in [0.05, 0.1) is 0 Å². The van der Waals surface area contributed by atoms with E-state index in [0.717, 1.165) is 19.3 Å². The fourth-order valence-corrected chi connectivity index (χ4v) is 1.40. The summed E-state index contributed by atoms with van der Waals surface area (Å²) in [5, 5.41) is 9.04. The number of rotatable bonds is 6. The summed E-state index contributed by atoms with van der Waals surface area (Å²) >= 11 is 0. The third kappa shape index (κ3) is 4.88. The number of aliphatic hydroxyl groups excluding tert-OH is 1. The summed E-state index contributed by atoms with van der Waals surface area (Å²) in [6.45, 7) is 5.54. The molecule has 0 spiro atoms. The van der Waals surface area contributed by atoms with E-state index in [1.54, 1.807) is 0 Å². The Morgan fingerprint density at radius 2 is 2.08 bits per heavy atom. The molecule has 0 amide bonds. The summed E-state index contributed by atoms with van der Waals surface area (Å²) in [7, 11) is 0. The fraction of sp³-hybridized carbons (Fsp3) is 0.900. The molecular formula is C10H20O3. The van der Waals surface area contributed by atoms with Crippen molar-refractivity contribution < 1.29 is 14.6 Å². The van der Waals surface area contributed by atoms with E-state index in [1.165, 1.54) is 6.92 Å². The molecule has 2 atom stereocenters. The Hall–Kier alpha value is -0.570. The second kappa shape index (κ2) is 6.89. The van der Waals surface area contributed by atoms with Crippen LogP contribution in [0.2, 0.25) is 0 Å². The lowest BCUT2D eigenvalue weighted by Gasteiger charge is -2.23. The third-order valence-corrected chi connectivity index (χ3v) is 2.18. The molecule has 2 unspecified atom stereocenters. The van der Waals surface area contributed by atoms with Gasteiger partial charge in [0.1, 0.15) is 6.10 Å². The lowest BCUT2D eigenvalue weighted by atomic mass is 9.97. The molecule has 0 bridgehead atoms. The molecule has 0 saturated carbocycles. The van der Waals surface area contributed by atoms with Crippen LogP contribution in [0.3, 0.4) is 0 Å². The maximum Gasteiger partial charge on any atom is 0.302 e. The van der Waals surface area contributed by atoms with Crippen LogP contribution in [0.15, 0.2) is 0 Å². The van der Waals surface area contributed by atoms with Crippen LogP contribution in [0.5, 0.6) is 0 Å². The van der Waals surface area contributed by atoms with Crippen molar-refractivity contribution in [2.45, 2.75) is 46.1 Å². The van der Waals surface area contributed by atoms with E-state index in [9.17, 15) is 4.79 Å². The van der Waals surface area contributed by atoms with Crippen LogP contribution >= 0.6 is 0 Å². The Bertz CT molecular complexity index is 141. The normalized spacial score (nSPS) is 15.1. The van der Waals surface area contributed by atoms with Gasteiger partial charge in [-0.1, -0.05) is 20.3 Å². The van der Waals surface area contributed by atoms with Gasteiger partial charge in [-0.15, -0.1) is 0 Å². The van der Waals surface area contributed by atoms with Crippen LogP contribution in [0.1, 0.15) is 40.0 Å². The number of carbonyl (C=O) groups excluding carboxylic acids is 1. The first-order valence-corrected chi connectivity index (χ1v) is 4.93. The standard InChI is InChI=1S/C10H20O3/c1-4-6-10(13-8(3)12)9(5-2)7-11/h9-11H,4-7H2,1-3H3. The lowest BCUT2D eigenvalue weighted by molar-refractivity contribution is -0.150. The average molecular weight is 188 g/mol. The van der Waals surface area contributed by atoms with E-state index in [4.69, 9.17) is 9.84 Å². The summed E-state index contributed by atoms with van der Waals surface area (Å²) in [6.07, 6.45) is 2.53. The van der Waals surface area contributed by atoms with E-state index >= 15 is 0 Å². The summed E-state index contributed by atoms with van der Waals surface area (Å²) < 4.78 is 5.14.